The van der Waals surface area contributed by atoms with Gasteiger partial charge in [-0.1, -0.05) is 18.2 Å². The maximum atomic E-state index is 11.7. The fourth-order valence-corrected chi connectivity index (χ4v) is 2.19. The first-order valence-electron chi connectivity index (χ1n) is 6.38. The second kappa shape index (κ2) is 4.76. The Morgan fingerprint density at radius 3 is 2.74 bits per heavy atom. The van der Waals surface area contributed by atoms with Gasteiger partial charge in [0.05, 0.1) is 18.2 Å². The lowest BCUT2D eigenvalue weighted by molar-refractivity contribution is -0.119. The van der Waals surface area contributed by atoms with E-state index in [9.17, 15) is 4.79 Å². The average molecular weight is 256 g/mol. The summed E-state index contributed by atoms with van der Waals surface area (Å²) in [5.41, 5.74) is 7.23. The number of nitrogens with zero attached hydrogens (tertiary/aromatic N) is 2. The average Bonchev–Trinajstić information content (AvgIpc) is 3.15. The highest BCUT2D eigenvalue weighted by Crippen LogP contribution is 2.37. The lowest BCUT2D eigenvalue weighted by Gasteiger charge is -2.18. The molecule has 1 aromatic carbocycles. The summed E-state index contributed by atoms with van der Waals surface area (Å²) in [6.07, 6.45) is 5.76. The van der Waals surface area contributed by atoms with E-state index in [2.05, 4.69) is 10.3 Å². The molecule has 0 aliphatic heterocycles. The van der Waals surface area contributed by atoms with Gasteiger partial charge in [0.1, 0.15) is 6.04 Å². The molecule has 1 heterocycles. The maximum Gasteiger partial charge on any atom is 0.246 e. The molecule has 5 heteroatoms. The second-order valence-electron chi connectivity index (χ2n) is 4.80. The molecule has 1 fully saturated rings. The second-order valence-corrected chi connectivity index (χ2v) is 4.80. The van der Waals surface area contributed by atoms with Gasteiger partial charge in [0, 0.05) is 11.7 Å². The standard InChI is InChI=1S/C14H16N4O/c15-14(19)13(17-10-4-2-1-3-5-10)12-8-16-9-18(12)11-6-7-11/h1-5,8-9,11,13,17H,6-7H2,(H2,15,19). The molecule has 1 aliphatic rings. The smallest absolute Gasteiger partial charge is 0.246 e. The SMILES string of the molecule is NC(=O)C(Nc1ccccc1)c1cncn1C1CC1. The van der Waals surface area contributed by atoms with Crippen molar-refractivity contribution in [2.75, 3.05) is 5.32 Å². The number of carbonyl (C=O) groups is 1. The molecule has 1 unspecified atom stereocenters. The topological polar surface area (TPSA) is 72.9 Å². The molecular formula is C14H16N4O. The number of primary amides is 1. The van der Waals surface area contributed by atoms with Gasteiger partial charge in [0.15, 0.2) is 0 Å². The normalized spacial score (nSPS) is 16.0. The molecule has 2 aromatic rings. The molecule has 5 nitrogen and oxygen atoms in total. The van der Waals surface area contributed by atoms with E-state index < -0.39 is 11.9 Å². The van der Waals surface area contributed by atoms with Crippen LogP contribution in [0, 0.1) is 0 Å². The fraction of sp³-hybridized carbons (Fsp3) is 0.286. The van der Waals surface area contributed by atoms with Crippen LogP contribution < -0.4 is 11.1 Å². The first kappa shape index (κ1) is 11.8. The van der Waals surface area contributed by atoms with E-state index in [1.807, 2.05) is 34.9 Å². The zero-order valence-corrected chi connectivity index (χ0v) is 10.5. The molecular weight excluding hydrogens is 240 g/mol. The van der Waals surface area contributed by atoms with Crippen LogP contribution in [0.25, 0.3) is 0 Å². The molecule has 1 saturated carbocycles. The quantitative estimate of drug-likeness (QED) is 0.857. The summed E-state index contributed by atoms with van der Waals surface area (Å²) >= 11 is 0. The van der Waals surface area contributed by atoms with Crippen molar-refractivity contribution >= 4 is 11.6 Å². The van der Waals surface area contributed by atoms with Gasteiger partial charge < -0.3 is 15.6 Å². The van der Waals surface area contributed by atoms with Crippen molar-refractivity contribution in [1.82, 2.24) is 9.55 Å². The lowest BCUT2D eigenvalue weighted by atomic mass is 10.2. The Morgan fingerprint density at radius 2 is 2.11 bits per heavy atom. The van der Waals surface area contributed by atoms with Crippen LogP contribution in [0.5, 0.6) is 0 Å². The van der Waals surface area contributed by atoms with Crippen molar-refractivity contribution in [3.63, 3.8) is 0 Å². The summed E-state index contributed by atoms with van der Waals surface area (Å²) in [6.45, 7) is 0. The molecule has 1 atom stereocenters. The van der Waals surface area contributed by atoms with E-state index in [1.165, 1.54) is 0 Å². The zero-order valence-electron chi connectivity index (χ0n) is 10.5. The molecule has 1 aromatic heterocycles. The van der Waals surface area contributed by atoms with Crippen LogP contribution >= 0.6 is 0 Å². The van der Waals surface area contributed by atoms with Crippen LogP contribution in [-0.4, -0.2) is 15.5 Å². The molecule has 0 bridgehead atoms. The summed E-state index contributed by atoms with van der Waals surface area (Å²) in [6, 6.07) is 9.50. The van der Waals surface area contributed by atoms with Crippen molar-refractivity contribution in [3.05, 3.63) is 48.5 Å². The van der Waals surface area contributed by atoms with Gasteiger partial charge in [-0.2, -0.15) is 0 Å². The van der Waals surface area contributed by atoms with Crippen LogP contribution in [0.1, 0.15) is 30.6 Å². The number of hydrogen-bond acceptors (Lipinski definition) is 3. The van der Waals surface area contributed by atoms with Crippen LogP contribution in [0.2, 0.25) is 0 Å². The molecule has 0 radical (unpaired) electrons. The van der Waals surface area contributed by atoms with E-state index in [1.54, 1.807) is 12.5 Å². The number of hydrogen-bond donors (Lipinski definition) is 2. The number of imidazole rings is 1. The maximum absolute atomic E-state index is 11.7. The Labute approximate surface area is 111 Å². The predicted molar refractivity (Wildman–Crippen MR) is 72.5 cm³/mol. The van der Waals surface area contributed by atoms with E-state index in [4.69, 9.17) is 5.73 Å². The number of carbonyl (C=O) groups excluding carboxylic acids is 1. The van der Waals surface area contributed by atoms with Crippen LogP contribution in [0.3, 0.4) is 0 Å². The van der Waals surface area contributed by atoms with E-state index >= 15 is 0 Å². The third kappa shape index (κ3) is 2.45. The molecule has 0 saturated heterocycles. The van der Waals surface area contributed by atoms with Gasteiger partial charge in [-0.3, -0.25) is 4.79 Å². The molecule has 1 aliphatic carbocycles. The van der Waals surface area contributed by atoms with Gasteiger partial charge in [-0.15, -0.1) is 0 Å². The van der Waals surface area contributed by atoms with Gasteiger partial charge in [-0.25, -0.2) is 4.98 Å². The number of amides is 1. The van der Waals surface area contributed by atoms with E-state index in [-0.39, 0.29) is 0 Å². The highest BCUT2D eigenvalue weighted by atomic mass is 16.1. The Kier molecular flexibility index (Phi) is 2.95. The minimum Gasteiger partial charge on any atom is -0.369 e. The summed E-state index contributed by atoms with van der Waals surface area (Å²) in [5, 5.41) is 3.17. The third-order valence-electron chi connectivity index (χ3n) is 3.30. The predicted octanol–water partition coefficient (Wildman–Crippen LogP) is 1.86. The lowest BCUT2D eigenvalue weighted by Crippen LogP contribution is -2.29. The fourth-order valence-electron chi connectivity index (χ4n) is 2.19. The molecule has 0 spiro atoms. The van der Waals surface area contributed by atoms with Gasteiger partial charge >= 0.3 is 0 Å². The zero-order chi connectivity index (χ0) is 13.2. The van der Waals surface area contributed by atoms with Crippen LogP contribution in [0.15, 0.2) is 42.9 Å². The first-order chi connectivity index (χ1) is 9.25. The molecule has 3 N–H and O–H groups in total. The highest BCUT2D eigenvalue weighted by Gasteiger charge is 2.29. The van der Waals surface area contributed by atoms with Gasteiger partial charge in [0.2, 0.25) is 5.91 Å². The van der Waals surface area contributed by atoms with Crippen LogP contribution in [-0.2, 0) is 4.79 Å². The number of nitrogens with two attached hydrogens (primary N) is 1. The van der Waals surface area contributed by atoms with Crippen molar-refractivity contribution in [2.24, 2.45) is 5.73 Å². The van der Waals surface area contributed by atoms with Crippen molar-refractivity contribution in [2.45, 2.75) is 24.9 Å². The Morgan fingerprint density at radius 1 is 1.37 bits per heavy atom. The number of anilines is 1. The minimum atomic E-state index is -0.550. The molecule has 98 valence electrons. The Bertz CT molecular complexity index is 574. The summed E-state index contributed by atoms with van der Waals surface area (Å²) < 4.78 is 2.05. The van der Waals surface area contributed by atoms with Crippen LogP contribution in [0.4, 0.5) is 5.69 Å². The summed E-state index contributed by atoms with van der Waals surface area (Å²) in [7, 11) is 0. The molecule has 19 heavy (non-hydrogen) atoms. The van der Waals surface area contributed by atoms with Gasteiger partial charge in [0.25, 0.3) is 0 Å². The monoisotopic (exact) mass is 256 g/mol. The highest BCUT2D eigenvalue weighted by molar-refractivity contribution is 5.84. The summed E-state index contributed by atoms with van der Waals surface area (Å²) in [4.78, 5) is 15.9. The number of nitrogens with one attached hydrogen (secondary N) is 1. The first-order valence-corrected chi connectivity index (χ1v) is 6.38. The number of benzene rings is 1. The number of para-hydroxylation sites is 1. The number of rotatable bonds is 5. The Hall–Kier alpha value is -2.30. The molecule has 3 rings (SSSR count). The van der Waals surface area contributed by atoms with Crippen molar-refractivity contribution in [3.8, 4) is 0 Å². The van der Waals surface area contributed by atoms with Gasteiger partial charge in [-0.05, 0) is 25.0 Å². The summed E-state index contributed by atoms with van der Waals surface area (Å²) in [5.74, 6) is -0.397. The Balaban J connectivity index is 1.88. The minimum absolute atomic E-state index is 0.397. The largest absolute Gasteiger partial charge is 0.369 e. The number of aromatic nitrogens is 2. The molecule has 1 amide bonds. The van der Waals surface area contributed by atoms with E-state index in [0.29, 0.717) is 6.04 Å². The van der Waals surface area contributed by atoms with Crippen molar-refractivity contribution < 1.29 is 4.79 Å². The third-order valence-corrected chi connectivity index (χ3v) is 3.30. The van der Waals surface area contributed by atoms with Crippen molar-refractivity contribution in [1.29, 1.82) is 0 Å². The van der Waals surface area contributed by atoms with E-state index in [0.717, 1.165) is 24.2 Å².